The summed E-state index contributed by atoms with van der Waals surface area (Å²) in [6.45, 7) is 7.67. The number of aliphatic hydroxyl groups excluding tert-OH is 1. The molecule has 6 heteroatoms. The van der Waals surface area contributed by atoms with Crippen LogP contribution in [0.5, 0.6) is 0 Å². The van der Waals surface area contributed by atoms with Gasteiger partial charge >= 0.3 is 0 Å². The molecular weight excluding hydrogens is 288 g/mol. The number of aromatic nitrogens is 1. The minimum absolute atomic E-state index is 0.00288. The van der Waals surface area contributed by atoms with E-state index < -0.39 is 6.10 Å². The molecule has 2 aromatic heterocycles. The van der Waals surface area contributed by atoms with Gasteiger partial charge in [-0.3, -0.25) is 4.79 Å². The van der Waals surface area contributed by atoms with Crippen LogP contribution in [0.25, 0.3) is 10.8 Å². The Balaban J connectivity index is 2.21. The van der Waals surface area contributed by atoms with Crippen molar-refractivity contribution < 1.29 is 14.3 Å². The van der Waals surface area contributed by atoms with E-state index in [0.29, 0.717) is 23.0 Å². The van der Waals surface area contributed by atoms with Crippen molar-refractivity contribution in [2.45, 2.75) is 39.8 Å². The van der Waals surface area contributed by atoms with Crippen LogP contribution >= 0.6 is 11.3 Å². The minimum Gasteiger partial charge on any atom is -0.459 e. The SMILES string of the molecule is Cc1ccc(-c2nc(C(=O)N(CC(C)O)C(C)C)cs2)o1. The molecule has 114 valence electrons. The van der Waals surface area contributed by atoms with Gasteiger partial charge in [0.15, 0.2) is 10.8 Å². The van der Waals surface area contributed by atoms with E-state index >= 15 is 0 Å². The van der Waals surface area contributed by atoms with Crippen LogP contribution in [0.1, 0.15) is 37.0 Å². The fraction of sp³-hybridized carbons (Fsp3) is 0.467. The molecule has 0 saturated heterocycles. The lowest BCUT2D eigenvalue weighted by atomic mass is 10.2. The molecule has 0 aromatic carbocycles. The fourth-order valence-corrected chi connectivity index (χ4v) is 2.75. The van der Waals surface area contributed by atoms with Gasteiger partial charge in [0.2, 0.25) is 0 Å². The van der Waals surface area contributed by atoms with Crippen LogP contribution in [-0.2, 0) is 0 Å². The smallest absolute Gasteiger partial charge is 0.273 e. The number of aliphatic hydroxyl groups is 1. The van der Waals surface area contributed by atoms with Crippen molar-refractivity contribution in [1.82, 2.24) is 9.88 Å². The van der Waals surface area contributed by atoms with Crippen molar-refractivity contribution in [1.29, 1.82) is 0 Å². The number of hydrogen-bond acceptors (Lipinski definition) is 5. The monoisotopic (exact) mass is 308 g/mol. The lowest BCUT2D eigenvalue weighted by molar-refractivity contribution is 0.0574. The van der Waals surface area contributed by atoms with E-state index in [1.165, 1.54) is 11.3 Å². The largest absolute Gasteiger partial charge is 0.459 e. The highest BCUT2D eigenvalue weighted by molar-refractivity contribution is 7.13. The maximum absolute atomic E-state index is 12.5. The van der Waals surface area contributed by atoms with E-state index in [2.05, 4.69) is 4.98 Å². The molecule has 0 bridgehead atoms. The Hall–Kier alpha value is -1.66. The predicted octanol–water partition coefficient (Wildman–Crippen LogP) is 2.94. The summed E-state index contributed by atoms with van der Waals surface area (Å²) in [5.74, 6) is 1.31. The summed E-state index contributed by atoms with van der Waals surface area (Å²) in [6, 6.07) is 3.72. The first-order valence-electron chi connectivity index (χ1n) is 6.90. The average Bonchev–Trinajstić information content (AvgIpc) is 3.03. The second kappa shape index (κ2) is 6.41. The topological polar surface area (TPSA) is 66.6 Å². The molecule has 0 aliphatic carbocycles. The normalized spacial score (nSPS) is 12.7. The lowest BCUT2D eigenvalue weighted by Crippen LogP contribution is -2.41. The van der Waals surface area contributed by atoms with Crippen molar-refractivity contribution >= 4 is 17.2 Å². The first-order chi connectivity index (χ1) is 9.88. The Morgan fingerprint density at radius 3 is 2.67 bits per heavy atom. The molecule has 1 N–H and O–H groups in total. The van der Waals surface area contributed by atoms with Crippen molar-refractivity contribution in [3.05, 3.63) is 29.0 Å². The lowest BCUT2D eigenvalue weighted by Gasteiger charge is -2.27. The summed E-state index contributed by atoms with van der Waals surface area (Å²) in [7, 11) is 0. The van der Waals surface area contributed by atoms with Gasteiger partial charge in [0.1, 0.15) is 11.5 Å². The zero-order valence-electron chi connectivity index (χ0n) is 12.7. The molecule has 0 aliphatic heterocycles. The number of furan rings is 1. The van der Waals surface area contributed by atoms with Crippen molar-refractivity contribution in [3.63, 3.8) is 0 Å². The highest BCUT2D eigenvalue weighted by Gasteiger charge is 2.23. The van der Waals surface area contributed by atoms with E-state index in [0.717, 1.165) is 5.76 Å². The van der Waals surface area contributed by atoms with Gasteiger partial charge < -0.3 is 14.4 Å². The highest BCUT2D eigenvalue weighted by Crippen LogP contribution is 2.26. The molecule has 1 unspecified atom stereocenters. The van der Waals surface area contributed by atoms with Crippen LogP contribution < -0.4 is 0 Å². The predicted molar refractivity (Wildman–Crippen MR) is 82.4 cm³/mol. The molecule has 0 fully saturated rings. The summed E-state index contributed by atoms with van der Waals surface area (Å²) < 4.78 is 5.52. The van der Waals surface area contributed by atoms with Crippen molar-refractivity contribution in [2.75, 3.05) is 6.54 Å². The minimum atomic E-state index is -0.567. The van der Waals surface area contributed by atoms with Crippen LogP contribution in [0.15, 0.2) is 21.9 Å². The maximum Gasteiger partial charge on any atom is 0.273 e. The van der Waals surface area contributed by atoms with Crippen LogP contribution in [-0.4, -0.2) is 39.6 Å². The molecule has 2 rings (SSSR count). The third-order valence-corrected chi connectivity index (χ3v) is 3.88. The Morgan fingerprint density at radius 2 is 2.14 bits per heavy atom. The van der Waals surface area contributed by atoms with Crippen LogP contribution in [0.2, 0.25) is 0 Å². The number of hydrogen-bond donors (Lipinski definition) is 1. The molecule has 1 atom stereocenters. The van der Waals surface area contributed by atoms with Gasteiger partial charge in [-0.2, -0.15) is 0 Å². The molecular formula is C15H20N2O3S. The Labute approximate surface area is 128 Å². The third kappa shape index (κ3) is 3.71. The average molecular weight is 308 g/mol. The van der Waals surface area contributed by atoms with Gasteiger partial charge in [0, 0.05) is 18.0 Å². The van der Waals surface area contributed by atoms with Gasteiger partial charge in [0.25, 0.3) is 5.91 Å². The van der Waals surface area contributed by atoms with Gasteiger partial charge in [-0.1, -0.05) is 0 Å². The maximum atomic E-state index is 12.5. The molecule has 0 aliphatic rings. The molecule has 0 radical (unpaired) electrons. The molecule has 21 heavy (non-hydrogen) atoms. The standard InChI is InChI=1S/C15H20N2O3S/c1-9(2)17(7-10(3)18)15(19)12-8-21-14(16-12)13-6-5-11(4)20-13/h5-6,8-10,18H,7H2,1-4H3. The number of carbonyl (C=O) groups is 1. The van der Waals surface area contributed by atoms with Gasteiger partial charge in [-0.05, 0) is 39.8 Å². The quantitative estimate of drug-likeness (QED) is 0.922. The van der Waals surface area contributed by atoms with E-state index in [4.69, 9.17) is 4.42 Å². The number of aryl methyl sites for hydroxylation is 1. The van der Waals surface area contributed by atoms with E-state index in [1.54, 1.807) is 17.2 Å². The Kier molecular flexibility index (Phi) is 4.80. The summed E-state index contributed by atoms with van der Waals surface area (Å²) in [5.41, 5.74) is 0.387. The van der Waals surface area contributed by atoms with Crippen LogP contribution in [0.4, 0.5) is 0 Å². The van der Waals surface area contributed by atoms with Crippen LogP contribution in [0, 0.1) is 6.92 Å². The summed E-state index contributed by atoms with van der Waals surface area (Å²) in [4.78, 5) is 18.5. The molecule has 1 amide bonds. The van der Waals surface area contributed by atoms with Gasteiger partial charge in [-0.15, -0.1) is 11.3 Å². The fourth-order valence-electron chi connectivity index (χ4n) is 1.99. The van der Waals surface area contributed by atoms with Crippen molar-refractivity contribution in [3.8, 4) is 10.8 Å². The Bertz CT molecular complexity index is 616. The first kappa shape index (κ1) is 15.7. The summed E-state index contributed by atoms with van der Waals surface area (Å²) in [5, 5.41) is 11.9. The number of carbonyl (C=O) groups excluding carboxylic acids is 1. The molecule has 2 aromatic rings. The number of rotatable bonds is 5. The number of nitrogens with zero attached hydrogens (tertiary/aromatic N) is 2. The van der Waals surface area contributed by atoms with E-state index in [1.807, 2.05) is 32.9 Å². The zero-order chi connectivity index (χ0) is 15.6. The summed E-state index contributed by atoms with van der Waals surface area (Å²) >= 11 is 1.38. The molecule has 2 heterocycles. The van der Waals surface area contributed by atoms with Gasteiger partial charge in [0.05, 0.1) is 6.10 Å². The number of thiazole rings is 1. The molecule has 0 spiro atoms. The number of amides is 1. The zero-order valence-corrected chi connectivity index (χ0v) is 13.5. The Morgan fingerprint density at radius 1 is 1.43 bits per heavy atom. The first-order valence-corrected chi connectivity index (χ1v) is 7.77. The van der Waals surface area contributed by atoms with Crippen LogP contribution in [0.3, 0.4) is 0 Å². The second-order valence-corrected chi connectivity index (χ2v) is 6.21. The van der Waals surface area contributed by atoms with E-state index in [-0.39, 0.29) is 11.9 Å². The second-order valence-electron chi connectivity index (χ2n) is 5.35. The van der Waals surface area contributed by atoms with Gasteiger partial charge in [-0.25, -0.2) is 4.98 Å². The van der Waals surface area contributed by atoms with E-state index in [9.17, 15) is 9.90 Å². The van der Waals surface area contributed by atoms with Crippen molar-refractivity contribution in [2.24, 2.45) is 0 Å². The highest BCUT2D eigenvalue weighted by atomic mass is 32.1. The molecule has 0 saturated carbocycles. The molecule has 5 nitrogen and oxygen atoms in total. The summed E-state index contributed by atoms with van der Waals surface area (Å²) in [6.07, 6.45) is -0.567. The third-order valence-electron chi connectivity index (χ3n) is 3.02.